The zero-order chi connectivity index (χ0) is 15.4. The molecule has 12 atom stereocenters. The van der Waals surface area contributed by atoms with Gasteiger partial charge in [0.25, 0.3) is 0 Å². The van der Waals surface area contributed by atoms with Crippen molar-refractivity contribution in [1.82, 2.24) is 10.6 Å². The summed E-state index contributed by atoms with van der Waals surface area (Å²) in [5.41, 5.74) is 0. The predicted molar refractivity (Wildman–Crippen MR) is 95.4 cm³/mol. The Bertz CT molecular complexity index is 498. The summed E-state index contributed by atoms with van der Waals surface area (Å²) in [6.45, 7) is 2.72. The summed E-state index contributed by atoms with van der Waals surface area (Å²) in [6, 6.07) is 1.85. The molecule has 0 radical (unpaired) electrons. The van der Waals surface area contributed by atoms with E-state index in [9.17, 15) is 0 Å². The molecule has 12 unspecified atom stereocenters. The van der Waals surface area contributed by atoms with Crippen molar-refractivity contribution in [2.24, 2.45) is 59.2 Å². The molecule has 0 bridgehead atoms. The molecule has 0 amide bonds. The molecule has 2 nitrogen and oxygen atoms in total. The molecule has 7 fully saturated rings. The van der Waals surface area contributed by atoms with Crippen LogP contribution in [0.2, 0.25) is 0 Å². The van der Waals surface area contributed by atoms with Crippen molar-refractivity contribution in [2.45, 2.75) is 63.5 Å². The maximum atomic E-state index is 3.85. The van der Waals surface area contributed by atoms with E-state index in [1.165, 1.54) is 13.1 Å². The summed E-state index contributed by atoms with van der Waals surface area (Å²) in [5.74, 6) is 11.1. The fourth-order valence-electron chi connectivity index (χ4n) is 9.93. The average molecular weight is 327 g/mol. The molecule has 2 aliphatic heterocycles. The van der Waals surface area contributed by atoms with Crippen LogP contribution in [0, 0.1) is 59.2 Å². The standard InChI is InChI=1S/C22H34N2/c1-3-11-15-7-20-18(10-24-20)14-6-2-4-12(22(14)15)16-8-19-17(9-23-19)13(5-1)21(11)16/h11-24H,1-10H2. The minimum Gasteiger partial charge on any atom is -0.313 e. The number of hydrogen-bond donors (Lipinski definition) is 2. The third-order valence-electron chi connectivity index (χ3n) is 10.6. The van der Waals surface area contributed by atoms with Crippen LogP contribution in [0.15, 0.2) is 0 Å². The molecular weight excluding hydrogens is 292 g/mol. The number of nitrogens with one attached hydrogen (secondary N) is 2. The molecule has 0 aromatic rings. The van der Waals surface area contributed by atoms with Gasteiger partial charge < -0.3 is 10.6 Å². The van der Waals surface area contributed by atoms with Crippen LogP contribution in [0.5, 0.6) is 0 Å². The van der Waals surface area contributed by atoms with Gasteiger partial charge in [-0.25, -0.2) is 0 Å². The highest BCUT2D eigenvalue weighted by Crippen LogP contribution is 2.67. The summed E-state index contributed by atoms with van der Waals surface area (Å²) in [6.07, 6.45) is 12.6. The highest BCUT2D eigenvalue weighted by molar-refractivity contribution is 5.15. The minimum atomic E-state index is 0.925. The van der Waals surface area contributed by atoms with Crippen LogP contribution in [-0.2, 0) is 0 Å². The van der Waals surface area contributed by atoms with Crippen molar-refractivity contribution < 1.29 is 0 Å². The van der Waals surface area contributed by atoms with Gasteiger partial charge in [0, 0.05) is 12.1 Å². The molecule has 2 saturated heterocycles. The summed E-state index contributed by atoms with van der Waals surface area (Å²) in [7, 11) is 0. The fourth-order valence-corrected chi connectivity index (χ4v) is 9.93. The van der Waals surface area contributed by atoms with Gasteiger partial charge in [0.05, 0.1) is 0 Å². The molecule has 7 aliphatic rings. The van der Waals surface area contributed by atoms with Gasteiger partial charge in [-0.2, -0.15) is 0 Å². The molecule has 2 heterocycles. The van der Waals surface area contributed by atoms with Crippen molar-refractivity contribution in [3.8, 4) is 0 Å². The van der Waals surface area contributed by atoms with Gasteiger partial charge in [-0.15, -0.1) is 0 Å². The first-order valence-corrected chi connectivity index (χ1v) is 11.4. The largest absolute Gasteiger partial charge is 0.313 e. The quantitative estimate of drug-likeness (QED) is 0.714. The van der Waals surface area contributed by atoms with E-state index in [0.29, 0.717) is 0 Å². The Labute approximate surface area is 146 Å². The molecule has 0 aromatic carbocycles. The van der Waals surface area contributed by atoms with Crippen molar-refractivity contribution in [2.75, 3.05) is 13.1 Å². The van der Waals surface area contributed by atoms with Crippen LogP contribution >= 0.6 is 0 Å². The Kier molecular flexibility index (Phi) is 2.80. The van der Waals surface area contributed by atoms with Gasteiger partial charge in [-0.05, 0) is 111 Å². The molecule has 2 heteroatoms. The number of rotatable bonds is 0. The van der Waals surface area contributed by atoms with E-state index >= 15 is 0 Å². The second-order valence-corrected chi connectivity index (χ2v) is 10.8. The predicted octanol–water partition coefficient (Wildman–Crippen LogP) is 3.28. The second kappa shape index (κ2) is 4.80. The number of hydrogen-bond acceptors (Lipinski definition) is 2. The van der Waals surface area contributed by atoms with Crippen LogP contribution in [0.1, 0.15) is 51.4 Å². The van der Waals surface area contributed by atoms with E-state index in [4.69, 9.17) is 0 Å². The molecule has 5 saturated carbocycles. The van der Waals surface area contributed by atoms with Crippen LogP contribution < -0.4 is 10.6 Å². The van der Waals surface area contributed by atoms with Gasteiger partial charge in [0.1, 0.15) is 0 Å². The van der Waals surface area contributed by atoms with Gasteiger partial charge >= 0.3 is 0 Å². The maximum Gasteiger partial charge on any atom is 0.0113 e. The zero-order valence-corrected chi connectivity index (χ0v) is 15.0. The molecular formula is C22H34N2. The molecule has 24 heavy (non-hydrogen) atoms. The van der Waals surface area contributed by atoms with Crippen LogP contribution in [-0.4, -0.2) is 25.2 Å². The summed E-state index contributed by atoms with van der Waals surface area (Å²) < 4.78 is 0. The maximum absolute atomic E-state index is 3.85. The van der Waals surface area contributed by atoms with Crippen molar-refractivity contribution in [1.29, 1.82) is 0 Å². The lowest BCUT2D eigenvalue weighted by Crippen LogP contribution is -2.70. The third-order valence-corrected chi connectivity index (χ3v) is 10.6. The van der Waals surface area contributed by atoms with Crippen LogP contribution in [0.25, 0.3) is 0 Å². The molecule has 7 rings (SSSR count). The summed E-state index contributed by atoms with van der Waals surface area (Å²) >= 11 is 0. The van der Waals surface area contributed by atoms with Crippen molar-refractivity contribution in [3.05, 3.63) is 0 Å². The lowest BCUT2D eigenvalue weighted by atomic mass is 9.38. The summed E-state index contributed by atoms with van der Waals surface area (Å²) in [4.78, 5) is 0. The molecule has 5 aliphatic carbocycles. The lowest BCUT2D eigenvalue weighted by molar-refractivity contribution is -0.188. The van der Waals surface area contributed by atoms with Gasteiger partial charge in [0.2, 0.25) is 0 Å². The highest BCUT2D eigenvalue weighted by Gasteiger charge is 2.64. The lowest BCUT2D eigenvalue weighted by Gasteiger charge is -2.69. The normalized spacial score (nSPS) is 66.0. The Morgan fingerprint density at radius 1 is 0.458 bits per heavy atom. The Morgan fingerprint density at radius 3 is 1.25 bits per heavy atom. The van der Waals surface area contributed by atoms with E-state index in [1.807, 2.05) is 0 Å². The van der Waals surface area contributed by atoms with E-state index in [-0.39, 0.29) is 0 Å². The first-order valence-electron chi connectivity index (χ1n) is 11.4. The van der Waals surface area contributed by atoms with Crippen LogP contribution in [0.4, 0.5) is 0 Å². The number of fused-ring (bicyclic) bond motifs is 6. The Balaban J connectivity index is 1.32. The van der Waals surface area contributed by atoms with Crippen molar-refractivity contribution in [3.63, 3.8) is 0 Å². The van der Waals surface area contributed by atoms with E-state index in [2.05, 4.69) is 10.6 Å². The second-order valence-electron chi connectivity index (χ2n) is 10.8. The van der Waals surface area contributed by atoms with E-state index < -0.39 is 0 Å². The van der Waals surface area contributed by atoms with Gasteiger partial charge in [-0.1, -0.05) is 12.8 Å². The van der Waals surface area contributed by atoms with E-state index in [0.717, 1.165) is 71.3 Å². The molecule has 2 N–H and O–H groups in total. The molecule has 0 spiro atoms. The molecule has 0 aromatic heterocycles. The van der Waals surface area contributed by atoms with Crippen molar-refractivity contribution >= 4 is 0 Å². The average Bonchev–Trinajstić information content (AvgIpc) is 2.55. The first kappa shape index (κ1) is 14.0. The van der Waals surface area contributed by atoms with Gasteiger partial charge in [0.15, 0.2) is 0 Å². The highest BCUT2D eigenvalue weighted by atomic mass is 15.0. The third kappa shape index (κ3) is 1.58. The fraction of sp³-hybridized carbons (Fsp3) is 1.00. The minimum absolute atomic E-state index is 0.925. The zero-order valence-electron chi connectivity index (χ0n) is 15.0. The Morgan fingerprint density at radius 2 is 0.875 bits per heavy atom. The topological polar surface area (TPSA) is 24.1 Å². The SMILES string of the molecule is C1CC2C3CNC3CC3C4CCCC5C6CNC6CC(C(C1)C23)C54. The van der Waals surface area contributed by atoms with Gasteiger partial charge in [-0.3, -0.25) is 0 Å². The smallest absolute Gasteiger partial charge is 0.0113 e. The van der Waals surface area contributed by atoms with Crippen LogP contribution in [0.3, 0.4) is 0 Å². The van der Waals surface area contributed by atoms with E-state index in [1.54, 1.807) is 51.4 Å². The first-order chi connectivity index (χ1) is 11.9. The Hall–Kier alpha value is -0.0800. The molecule has 132 valence electrons. The summed E-state index contributed by atoms with van der Waals surface area (Å²) in [5, 5.41) is 7.69. The monoisotopic (exact) mass is 326 g/mol.